The van der Waals surface area contributed by atoms with Crippen molar-refractivity contribution in [3.63, 3.8) is 0 Å². The summed E-state index contributed by atoms with van der Waals surface area (Å²) in [4.78, 5) is 9.67. The molecule has 1 aliphatic rings. The summed E-state index contributed by atoms with van der Waals surface area (Å²) in [6.45, 7) is 1.11. The highest BCUT2D eigenvalue weighted by atomic mass is 35.5. The van der Waals surface area contributed by atoms with Gasteiger partial charge in [-0.3, -0.25) is 4.84 Å². The number of aromatic nitrogens is 1. The number of halogens is 1. The maximum Gasteiger partial charge on any atom is 0.150 e. The molecule has 0 atom stereocenters. The Bertz CT molecular complexity index is 659. The van der Waals surface area contributed by atoms with Gasteiger partial charge < -0.3 is 4.74 Å². The van der Waals surface area contributed by atoms with Gasteiger partial charge in [-0.05, 0) is 11.6 Å². The third kappa shape index (κ3) is 3.01. The molecule has 0 amide bonds. The van der Waals surface area contributed by atoms with Crippen molar-refractivity contribution < 1.29 is 9.57 Å². The van der Waals surface area contributed by atoms with Crippen LogP contribution >= 0.6 is 11.6 Å². The quantitative estimate of drug-likeness (QED) is 0.807. The molecular formula is C16H15ClN2O2. The van der Waals surface area contributed by atoms with Crippen LogP contribution in [0.5, 0.6) is 5.75 Å². The Hall–Kier alpha value is -2.04. The summed E-state index contributed by atoms with van der Waals surface area (Å²) in [7, 11) is 1.62. The van der Waals surface area contributed by atoms with Crippen LogP contribution in [0.3, 0.4) is 0 Å². The highest BCUT2D eigenvalue weighted by Gasteiger charge is 2.21. The van der Waals surface area contributed by atoms with Crippen LogP contribution in [0.1, 0.15) is 11.3 Å². The van der Waals surface area contributed by atoms with Crippen LogP contribution in [0.4, 0.5) is 5.69 Å². The lowest BCUT2D eigenvalue weighted by Gasteiger charge is -2.27. The van der Waals surface area contributed by atoms with E-state index < -0.39 is 0 Å². The van der Waals surface area contributed by atoms with Crippen LogP contribution in [-0.4, -0.2) is 18.6 Å². The minimum atomic E-state index is 0.402. The molecule has 0 spiro atoms. The molecule has 4 nitrogen and oxygen atoms in total. The van der Waals surface area contributed by atoms with Crippen LogP contribution < -0.4 is 9.80 Å². The van der Waals surface area contributed by atoms with Gasteiger partial charge >= 0.3 is 0 Å². The standard InChI is InChI=1S/C16H15ClN2O2/c1-20-19-9-5-8-13-16(19)14(10-15(17)18-13)21-11-12-6-3-2-4-7-12/h2-8,10H,9,11H2,1H3. The van der Waals surface area contributed by atoms with Crippen molar-refractivity contribution in [3.8, 4) is 5.75 Å². The van der Waals surface area contributed by atoms with Crippen molar-refractivity contribution in [1.82, 2.24) is 4.98 Å². The molecule has 21 heavy (non-hydrogen) atoms. The predicted octanol–water partition coefficient (Wildman–Crippen LogP) is 3.71. The maximum atomic E-state index is 6.07. The molecular weight excluding hydrogens is 288 g/mol. The Balaban J connectivity index is 1.91. The number of nitrogens with zero attached hydrogens (tertiary/aromatic N) is 2. The Labute approximate surface area is 128 Å². The third-order valence-electron chi connectivity index (χ3n) is 3.21. The van der Waals surface area contributed by atoms with Crippen molar-refractivity contribution >= 4 is 23.4 Å². The lowest BCUT2D eigenvalue weighted by Crippen LogP contribution is -2.25. The molecule has 0 bridgehead atoms. The van der Waals surface area contributed by atoms with Gasteiger partial charge in [-0.1, -0.05) is 48.0 Å². The molecule has 2 heterocycles. The minimum absolute atomic E-state index is 0.402. The second-order valence-corrected chi connectivity index (χ2v) is 4.98. The van der Waals surface area contributed by atoms with Gasteiger partial charge in [0.1, 0.15) is 17.4 Å². The fourth-order valence-electron chi connectivity index (χ4n) is 2.23. The number of ether oxygens (including phenoxy) is 1. The van der Waals surface area contributed by atoms with Gasteiger partial charge in [-0.15, -0.1) is 0 Å². The summed E-state index contributed by atoms with van der Waals surface area (Å²) in [6, 6.07) is 11.7. The zero-order valence-electron chi connectivity index (χ0n) is 11.6. The molecule has 0 saturated carbocycles. The first kappa shape index (κ1) is 13.9. The van der Waals surface area contributed by atoms with Gasteiger partial charge in [0.25, 0.3) is 0 Å². The van der Waals surface area contributed by atoms with Crippen molar-refractivity contribution in [2.45, 2.75) is 6.61 Å². The van der Waals surface area contributed by atoms with Crippen LogP contribution in [0.25, 0.3) is 6.08 Å². The Morgan fingerprint density at radius 3 is 2.86 bits per heavy atom. The molecule has 3 rings (SSSR count). The van der Waals surface area contributed by atoms with E-state index >= 15 is 0 Å². The number of benzene rings is 1. The van der Waals surface area contributed by atoms with Gasteiger partial charge in [0, 0.05) is 6.07 Å². The highest BCUT2D eigenvalue weighted by Crippen LogP contribution is 2.36. The number of rotatable bonds is 4. The first-order chi connectivity index (χ1) is 10.3. The van der Waals surface area contributed by atoms with E-state index in [4.69, 9.17) is 21.2 Å². The first-order valence-corrected chi connectivity index (χ1v) is 7.01. The second-order valence-electron chi connectivity index (χ2n) is 4.60. The summed E-state index contributed by atoms with van der Waals surface area (Å²) in [5, 5.41) is 2.14. The lowest BCUT2D eigenvalue weighted by atomic mass is 10.2. The van der Waals surface area contributed by atoms with Crippen LogP contribution in [0, 0.1) is 0 Å². The van der Waals surface area contributed by atoms with E-state index in [2.05, 4.69) is 4.98 Å². The monoisotopic (exact) mass is 302 g/mol. The molecule has 5 heteroatoms. The number of anilines is 1. The lowest BCUT2D eigenvalue weighted by molar-refractivity contribution is 0.170. The molecule has 2 aromatic rings. The fraction of sp³-hybridized carbons (Fsp3) is 0.188. The summed E-state index contributed by atoms with van der Waals surface area (Å²) in [5.74, 6) is 0.667. The topological polar surface area (TPSA) is 34.6 Å². The third-order valence-corrected chi connectivity index (χ3v) is 3.40. The van der Waals surface area contributed by atoms with Crippen molar-refractivity contribution in [3.05, 3.63) is 58.9 Å². The second kappa shape index (κ2) is 6.16. The average Bonchev–Trinajstić information content (AvgIpc) is 2.52. The van der Waals surface area contributed by atoms with E-state index in [-0.39, 0.29) is 0 Å². The zero-order valence-corrected chi connectivity index (χ0v) is 12.4. The van der Waals surface area contributed by atoms with E-state index in [1.54, 1.807) is 18.2 Å². The number of fused-ring (bicyclic) bond motifs is 1. The molecule has 0 radical (unpaired) electrons. The maximum absolute atomic E-state index is 6.07. The van der Waals surface area contributed by atoms with Gasteiger partial charge in [0.2, 0.25) is 0 Å². The summed E-state index contributed by atoms with van der Waals surface area (Å²) in [6.07, 6.45) is 3.89. The van der Waals surface area contributed by atoms with Gasteiger partial charge in [-0.2, -0.15) is 0 Å². The molecule has 0 aliphatic carbocycles. The summed E-state index contributed by atoms with van der Waals surface area (Å²) < 4.78 is 5.92. The highest BCUT2D eigenvalue weighted by molar-refractivity contribution is 6.29. The average molecular weight is 303 g/mol. The van der Waals surface area contributed by atoms with Gasteiger partial charge in [0.05, 0.1) is 19.3 Å². The smallest absolute Gasteiger partial charge is 0.150 e. The van der Waals surface area contributed by atoms with E-state index in [1.165, 1.54) is 0 Å². The molecule has 0 fully saturated rings. The molecule has 108 valence electrons. The molecule has 1 aromatic carbocycles. The zero-order chi connectivity index (χ0) is 14.7. The van der Waals surface area contributed by atoms with Crippen molar-refractivity contribution in [2.75, 3.05) is 18.7 Å². The molecule has 0 N–H and O–H groups in total. The van der Waals surface area contributed by atoms with Crippen LogP contribution in [0.2, 0.25) is 5.15 Å². The Kier molecular flexibility index (Phi) is 4.08. The molecule has 0 saturated heterocycles. The van der Waals surface area contributed by atoms with E-state index in [1.807, 2.05) is 42.5 Å². The van der Waals surface area contributed by atoms with E-state index in [0.29, 0.717) is 24.1 Å². The van der Waals surface area contributed by atoms with Gasteiger partial charge in [-0.25, -0.2) is 10.0 Å². The largest absolute Gasteiger partial charge is 0.486 e. The predicted molar refractivity (Wildman–Crippen MR) is 83.4 cm³/mol. The molecule has 0 unspecified atom stereocenters. The van der Waals surface area contributed by atoms with E-state index in [9.17, 15) is 0 Å². The van der Waals surface area contributed by atoms with Crippen LogP contribution in [0.15, 0.2) is 42.5 Å². The number of pyridine rings is 1. The minimum Gasteiger partial charge on any atom is -0.486 e. The Morgan fingerprint density at radius 2 is 2.10 bits per heavy atom. The number of hydroxylamine groups is 1. The van der Waals surface area contributed by atoms with Crippen LogP contribution in [-0.2, 0) is 11.4 Å². The first-order valence-electron chi connectivity index (χ1n) is 6.63. The summed E-state index contributed by atoms with van der Waals surface area (Å²) >= 11 is 6.07. The number of hydrogen-bond donors (Lipinski definition) is 0. The van der Waals surface area contributed by atoms with Gasteiger partial charge in [0.15, 0.2) is 5.75 Å². The summed E-state index contributed by atoms with van der Waals surface area (Å²) in [5.41, 5.74) is 2.65. The fourth-order valence-corrected chi connectivity index (χ4v) is 2.42. The Morgan fingerprint density at radius 1 is 1.29 bits per heavy atom. The SMILES string of the molecule is CON1CC=Cc2nc(Cl)cc(OCc3ccccc3)c21. The number of hydrogen-bond acceptors (Lipinski definition) is 4. The molecule has 1 aromatic heterocycles. The van der Waals surface area contributed by atoms with Crippen molar-refractivity contribution in [1.29, 1.82) is 0 Å². The van der Waals surface area contributed by atoms with Crippen molar-refractivity contribution in [2.24, 2.45) is 0 Å². The molecule has 1 aliphatic heterocycles. The normalized spacial score (nSPS) is 13.1. The van der Waals surface area contributed by atoms with E-state index in [0.717, 1.165) is 16.9 Å².